The van der Waals surface area contributed by atoms with Crippen molar-refractivity contribution in [3.05, 3.63) is 11.9 Å². The Morgan fingerprint density at radius 2 is 2.25 bits per heavy atom. The molecule has 2 heterocycles. The lowest BCUT2D eigenvalue weighted by molar-refractivity contribution is -0.156. The molecule has 1 aliphatic rings. The lowest BCUT2D eigenvalue weighted by Crippen LogP contribution is -2.42. The third-order valence-corrected chi connectivity index (χ3v) is 4.22. The molecule has 0 radical (unpaired) electrons. The largest absolute Gasteiger partial charge is 0.481 e. The lowest BCUT2D eigenvalue weighted by atomic mass is 9.69. The van der Waals surface area contributed by atoms with Gasteiger partial charge in [-0.2, -0.15) is 5.10 Å². The summed E-state index contributed by atoms with van der Waals surface area (Å²) in [4.78, 5) is 11.5. The predicted molar refractivity (Wildman–Crippen MR) is 68.7 cm³/mol. The van der Waals surface area contributed by atoms with Crippen LogP contribution in [0.4, 0.5) is 0 Å². The third-order valence-electron chi connectivity index (χ3n) is 4.22. The highest BCUT2D eigenvalue weighted by atomic mass is 16.4. The van der Waals surface area contributed by atoms with Crippen LogP contribution in [0.2, 0.25) is 0 Å². The van der Waals surface area contributed by atoms with Gasteiger partial charge in [-0.3, -0.25) is 9.48 Å². The van der Waals surface area contributed by atoms with Crippen LogP contribution in [0.25, 0.3) is 11.4 Å². The maximum Gasteiger partial charge on any atom is 0.311 e. The van der Waals surface area contributed by atoms with Crippen LogP contribution in [0.3, 0.4) is 0 Å². The number of aromatic nitrogens is 6. The van der Waals surface area contributed by atoms with Crippen molar-refractivity contribution in [3.63, 3.8) is 0 Å². The molecule has 106 valence electrons. The minimum atomic E-state index is -0.770. The first-order valence-electron chi connectivity index (χ1n) is 6.52. The normalized spacial score (nSPS) is 16.9. The van der Waals surface area contributed by atoms with E-state index in [2.05, 4.69) is 20.6 Å². The monoisotopic (exact) mass is 276 g/mol. The Bertz CT molecular complexity index is 655. The first-order chi connectivity index (χ1) is 9.53. The molecule has 20 heavy (non-hydrogen) atoms. The number of aryl methyl sites for hydroxylation is 1. The summed E-state index contributed by atoms with van der Waals surface area (Å²) in [6.07, 6.45) is 3.99. The van der Waals surface area contributed by atoms with Gasteiger partial charge in [0.05, 0.1) is 23.7 Å². The van der Waals surface area contributed by atoms with Crippen molar-refractivity contribution in [3.8, 4) is 11.4 Å². The van der Waals surface area contributed by atoms with Crippen LogP contribution < -0.4 is 0 Å². The van der Waals surface area contributed by atoms with Crippen LogP contribution in [0, 0.1) is 12.3 Å². The zero-order valence-electron chi connectivity index (χ0n) is 11.4. The number of carbonyl (C=O) groups is 1. The van der Waals surface area contributed by atoms with E-state index >= 15 is 0 Å². The minimum absolute atomic E-state index is 0.305. The molecule has 0 aliphatic heterocycles. The van der Waals surface area contributed by atoms with Gasteiger partial charge in [-0.25, -0.2) is 4.68 Å². The molecule has 1 fully saturated rings. The molecule has 8 nitrogen and oxygen atoms in total. The number of aliphatic carboxylic acids is 1. The van der Waals surface area contributed by atoms with Crippen LogP contribution in [-0.2, 0) is 18.4 Å². The molecule has 0 atom stereocenters. The summed E-state index contributed by atoms with van der Waals surface area (Å²) in [5.74, 6) is -0.198. The van der Waals surface area contributed by atoms with Crippen molar-refractivity contribution < 1.29 is 9.90 Å². The van der Waals surface area contributed by atoms with E-state index in [1.165, 1.54) is 0 Å². The number of rotatable bonds is 4. The molecule has 1 aliphatic carbocycles. The zero-order valence-corrected chi connectivity index (χ0v) is 11.4. The highest BCUT2D eigenvalue weighted by Gasteiger charge is 2.45. The first-order valence-corrected chi connectivity index (χ1v) is 6.52. The molecule has 3 rings (SSSR count). The van der Waals surface area contributed by atoms with Crippen molar-refractivity contribution in [2.24, 2.45) is 12.5 Å². The number of hydrogen-bond acceptors (Lipinski definition) is 5. The topological polar surface area (TPSA) is 98.7 Å². The molecule has 0 spiro atoms. The van der Waals surface area contributed by atoms with Gasteiger partial charge in [0.1, 0.15) is 0 Å². The van der Waals surface area contributed by atoms with E-state index in [1.54, 1.807) is 15.6 Å². The summed E-state index contributed by atoms with van der Waals surface area (Å²) in [5, 5.41) is 25.2. The van der Waals surface area contributed by atoms with Crippen molar-refractivity contribution in [2.75, 3.05) is 0 Å². The van der Waals surface area contributed by atoms with Crippen molar-refractivity contribution >= 4 is 5.97 Å². The molecule has 1 N–H and O–H groups in total. The number of carboxylic acids is 1. The van der Waals surface area contributed by atoms with E-state index in [1.807, 2.05) is 14.0 Å². The Kier molecular flexibility index (Phi) is 2.81. The fraction of sp³-hybridized carbons (Fsp3) is 0.583. The molecule has 0 unspecified atom stereocenters. The smallest absolute Gasteiger partial charge is 0.311 e. The molecule has 8 heteroatoms. The van der Waals surface area contributed by atoms with Crippen LogP contribution in [0.5, 0.6) is 0 Å². The van der Waals surface area contributed by atoms with E-state index in [9.17, 15) is 9.90 Å². The van der Waals surface area contributed by atoms with Gasteiger partial charge in [-0.15, -0.1) is 5.10 Å². The van der Waals surface area contributed by atoms with Gasteiger partial charge in [-0.1, -0.05) is 6.42 Å². The van der Waals surface area contributed by atoms with Gasteiger partial charge in [0, 0.05) is 12.7 Å². The standard InChI is InChI=1S/C12H16N6O2/c1-8-9(6-13-17(8)2)10-14-15-16-18(10)7-12(11(19)20)4-3-5-12/h6H,3-5,7H2,1-2H3,(H,19,20). The van der Waals surface area contributed by atoms with E-state index in [-0.39, 0.29) is 0 Å². The molecule has 2 aromatic rings. The minimum Gasteiger partial charge on any atom is -0.481 e. The number of tetrazole rings is 1. The molecule has 0 bridgehead atoms. The number of nitrogens with zero attached hydrogens (tertiary/aromatic N) is 6. The summed E-state index contributed by atoms with van der Waals surface area (Å²) >= 11 is 0. The summed E-state index contributed by atoms with van der Waals surface area (Å²) in [5.41, 5.74) is 1.05. The molecule has 2 aromatic heterocycles. The Morgan fingerprint density at radius 1 is 1.50 bits per heavy atom. The van der Waals surface area contributed by atoms with Crippen LogP contribution >= 0.6 is 0 Å². The maximum absolute atomic E-state index is 11.5. The van der Waals surface area contributed by atoms with Gasteiger partial charge in [-0.05, 0) is 30.2 Å². The molecular formula is C12H16N6O2. The van der Waals surface area contributed by atoms with E-state index in [0.29, 0.717) is 25.2 Å². The van der Waals surface area contributed by atoms with Gasteiger partial charge >= 0.3 is 5.97 Å². The lowest BCUT2D eigenvalue weighted by Gasteiger charge is -2.37. The molecular weight excluding hydrogens is 260 g/mol. The fourth-order valence-corrected chi connectivity index (χ4v) is 2.55. The quantitative estimate of drug-likeness (QED) is 0.879. The summed E-state index contributed by atoms with van der Waals surface area (Å²) < 4.78 is 3.32. The molecule has 0 amide bonds. The van der Waals surface area contributed by atoms with Crippen LogP contribution in [-0.4, -0.2) is 41.1 Å². The van der Waals surface area contributed by atoms with E-state index in [0.717, 1.165) is 17.7 Å². The second-order valence-electron chi connectivity index (χ2n) is 5.37. The molecule has 1 saturated carbocycles. The Balaban J connectivity index is 1.95. The van der Waals surface area contributed by atoms with Crippen LogP contribution in [0.1, 0.15) is 25.0 Å². The Hall–Kier alpha value is -2.25. The van der Waals surface area contributed by atoms with E-state index < -0.39 is 11.4 Å². The van der Waals surface area contributed by atoms with E-state index in [4.69, 9.17) is 0 Å². The highest BCUT2D eigenvalue weighted by Crippen LogP contribution is 2.43. The third kappa shape index (κ3) is 1.79. The second-order valence-corrected chi connectivity index (χ2v) is 5.37. The van der Waals surface area contributed by atoms with Crippen molar-refractivity contribution in [1.82, 2.24) is 30.0 Å². The molecule has 0 saturated heterocycles. The SMILES string of the molecule is Cc1c(-c2nnnn2CC2(C(=O)O)CCC2)cnn1C. The zero-order chi connectivity index (χ0) is 14.3. The Morgan fingerprint density at radius 3 is 2.75 bits per heavy atom. The second kappa shape index (κ2) is 4.39. The number of hydrogen-bond donors (Lipinski definition) is 1. The Labute approximate surface area is 115 Å². The van der Waals surface area contributed by atoms with Gasteiger partial charge in [0.2, 0.25) is 0 Å². The molecule has 0 aromatic carbocycles. The number of carboxylic acid groups (broad SMARTS) is 1. The average Bonchev–Trinajstić information content (AvgIpc) is 2.92. The predicted octanol–water partition coefficient (Wildman–Crippen LogP) is 0.637. The fourth-order valence-electron chi connectivity index (χ4n) is 2.55. The highest BCUT2D eigenvalue weighted by molar-refractivity contribution is 5.75. The van der Waals surface area contributed by atoms with Gasteiger partial charge < -0.3 is 5.11 Å². The van der Waals surface area contributed by atoms with Crippen molar-refractivity contribution in [1.29, 1.82) is 0 Å². The van der Waals surface area contributed by atoms with Crippen molar-refractivity contribution in [2.45, 2.75) is 32.7 Å². The van der Waals surface area contributed by atoms with Crippen LogP contribution in [0.15, 0.2) is 6.20 Å². The van der Waals surface area contributed by atoms with Gasteiger partial charge in [0.25, 0.3) is 0 Å². The maximum atomic E-state index is 11.5. The average molecular weight is 276 g/mol. The first kappa shape index (κ1) is 12.8. The summed E-state index contributed by atoms with van der Waals surface area (Å²) in [7, 11) is 1.84. The van der Waals surface area contributed by atoms with Gasteiger partial charge in [0.15, 0.2) is 5.82 Å². The summed E-state index contributed by atoms with van der Waals surface area (Å²) in [6, 6.07) is 0. The summed E-state index contributed by atoms with van der Waals surface area (Å²) in [6.45, 7) is 2.23.